The zero-order valence-electron chi connectivity index (χ0n) is 10.7. The van der Waals surface area contributed by atoms with Gasteiger partial charge < -0.3 is 10.4 Å². The molecule has 1 aromatic carbocycles. The second-order valence-corrected chi connectivity index (χ2v) is 5.77. The molecular weight excluding hydrogens is 328 g/mol. The molecular formula is C13H15BrN2O4. The van der Waals surface area contributed by atoms with Gasteiger partial charge in [-0.2, -0.15) is 0 Å². The van der Waals surface area contributed by atoms with Crippen LogP contribution >= 0.6 is 15.9 Å². The van der Waals surface area contributed by atoms with Crippen molar-refractivity contribution in [3.05, 3.63) is 38.3 Å². The number of nitrogens with one attached hydrogen (secondary N) is 1. The first-order valence-corrected chi connectivity index (χ1v) is 7.19. The number of nitrogens with zero attached hydrogens (tertiary/aromatic N) is 1. The van der Waals surface area contributed by atoms with Gasteiger partial charge in [-0.05, 0) is 47.7 Å². The van der Waals surface area contributed by atoms with Crippen LogP contribution < -0.4 is 5.32 Å². The Kier molecular flexibility index (Phi) is 4.72. The van der Waals surface area contributed by atoms with E-state index >= 15 is 0 Å². The van der Waals surface area contributed by atoms with Crippen molar-refractivity contribution in [3.8, 4) is 0 Å². The number of aliphatic hydroxyl groups excluding tert-OH is 1. The summed E-state index contributed by atoms with van der Waals surface area (Å²) in [7, 11) is 0. The van der Waals surface area contributed by atoms with E-state index in [0.29, 0.717) is 10.9 Å². The Bertz CT molecular complexity index is 535. The number of carbonyl (C=O) groups excluding carboxylic acids is 1. The Morgan fingerprint density at radius 3 is 2.85 bits per heavy atom. The molecule has 6 nitrogen and oxygen atoms in total. The maximum absolute atomic E-state index is 12.2. The molecule has 0 aromatic heterocycles. The first-order valence-electron chi connectivity index (χ1n) is 6.40. The number of rotatable bonds is 3. The molecule has 2 N–H and O–H groups in total. The van der Waals surface area contributed by atoms with Gasteiger partial charge in [-0.3, -0.25) is 14.9 Å². The minimum absolute atomic E-state index is 0.0857. The van der Waals surface area contributed by atoms with Gasteiger partial charge in [0.2, 0.25) is 0 Å². The quantitative estimate of drug-likeness (QED) is 0.651. The smallest absolute Gasteiger partial charge is 0.270 e. The average Bonchev–Trinajstić information content (AvgIpc) is 2.38. The fourth-order valence-electron chi connectivity index (χ4n) is 2.36. The third-order valence-corrected chi connectivity index (χ3v) is 4.08. The fourth-order valence-corrected chi connectivity index (χ4v) is 2.79. The molecule has 1 fully saturated rings. The first-order chi connectivity index (χ1) is 9.47. The van der Waals surface area contributed by atoms with E-state index in [2.05, 4.69) is 21.2 Å². The number of halogens is 1. The molecule has 1 aliphatic carbocycles. The van der Waals surface area contributed by atoms with Gasteiger partial charge in [0, 0.05) is 22.6 Å². The van der Waals surface area contributed by atoms with Gasteiger partial charge in [-0.1, -0.05) is 0 Å². The fraction of sp³-hybridized carbons (Fsp3) is 0.462. The molecule has 7 heteroatoms. The maximum atomic E-state index is 12.2. The van der Waals surface area contributed by atoms with Crippen LogP contribution in [-0.2, 0) is 0 Å². The van der Waals surface area contributed by atoms with E-state index in [1.807, 2.05) is 0 Å². The topological polar surface area (TPSA) is 92.5 Å². The predicted molar refractivity (Wildman–Crippen MR) is 76.5 cm³/mol. The summed E-state index contributed by atoms with van der Waals surface area (Å²) in [5, 5.41) is 23.2. The minimum atomic E-state index is -0.534. The second kappa shape index (κ2) is 6.32. The Morgan fingerprint density at radius 2 is 2.20 bits per heavy atom. The van der Waals surface area contributed by atoms with Crippen molar-refractivity contribution in [3.63, 3.8) is 0 Å². The van der Waals surface area contributed by atoms with Crippen molar-refractivity contribution in [2.75, 3.05) is 0 Å². The van der Waals surface area contributed by atoms with Gasteiger partial charge in [0.25, 0.3) is 11.6 Å². The molecule has 0 radical (unpaired) electrons. The molecule has 0 heterocycles. The van der Waals surface area contributed by atoms with Crippen molar-refractivity contribution >= 4 is 27.5 Å². The number of aliphatic hydroxyl groups is 1. The van der Waals surface area contributed by atoms with Gasteiger partial charge in [-0.15, -0.1) is 0 Å². The lowest BCUT2D eigenvalue weighted by molar-refractivity contribution is -0.384. The lowest BCUT2D eigenvalue weighted by atomic mass is 9.93. The molecule has 108 valence electrons. The molecule has 0 saturated heterocycles. The Morgan fingerprint density at radius 1 is 1.45 bits per heavy atom. The summed E-state index contributed by atoms with van der Waals surface area (Å²) in [5.41, 5.74) is 0.112. The molecule has 1 aliphatic rings. The van der Waals surface area contributed by atoms with E-state index in [1.54, 1.807) is 0 Å². The summed E-state index contributed by atoms with van der Waals surface area (Å²) >= 11 is 3.22. The van der Waals surface area contributed by atoms with E-state index < -0.39 is 4.92 Å². The Balaban J connectivity index is 2.12. The lowest BCUT2D eigenvalue weighted by Crippen LogP contribution is -2.39. The van der Waals surface area contributed by atoms with E-state index in [-0.39, 0.29) is 29.3 Å². The van der Waals surface area contributed by atoms with Gasteiger partial charge >= 0.3 is 0 Å². The molecule has 1 saturated carbocycles. The molecule has 2 rings (SSSR count). The standard InChI is InChI=1S/C13H15BrN2O4/c14-12-5-4-9(16(19)20)7-11(12)13(18)15-8-2-1-3-10(17)6-8/h4-5,7-8,10,17H,1-3,6H2,(H,15,18). The van der Waals surface area contributed by atoms with Gasteiger partial charge in [0.05, 0.1) is 16.6 Å². The predicted octanol–water partition coefficient (Wildman–Crippen LogP) is 2.39. The highest BCUT2D eigenvalue weighted by Crippen LogP contribution is 2.24. The zero-order chi connectivity index (χ0) is 14.7. The number of nitro benzene ring substituents is 1. The highest BCUT2D eigenvalue weighted by molar-refractivity contribution is 9.10. The lowest BCUT2D eigenvalue weighted by Gasteiger charge is -2.26. The highest BCUT2D eigenvalue weighted by atomic mass is 79.9. The summed E-state index contributed by atoms with van der Waals surface area (Å²) in [6.07, 6.45) is 2.57. The van der Waals surface area contributed by atoms with Gasteiger partial charge in [-0.25, -0.2) is 0 Å². The molecule has 1 amide bonds. The van der Waals surface area contributed by atoms with Crippen LogP contribution in [0.5, 0.6) is 0 Å². The van der Waals surface area contributed by atoms with Crippen LogP contribution in [0.4, 0.5) is 5.69 Å². The first kappa shape index (κ1) is 14.9. The molecule has 1 aromatic rings. The van der Waals surface area contributed by atoms with Crippen LogP contribution in [0.1, 0.15) is 36.0 Å². The number of carbonyl (C=O) groups is 1. The molecule has 0 spiro atoms. The minimum Gasteiger partial charge on any atom is -0.393 e. The van der Waals surface area contributed by atoms with Crippen molar-refractivity contribution in [1.29, 1.82) is 0 Å². The maximum Gasteiger partial charge on any atom is 0.270 e. The van der Waals surface area contributed by atoms with Crippen molar-refractivity contribution in [2.45, 2.75) is 37.8 Å². The van der Waals surface area contributed by atoms with Crippen LogP contribution in [0.3, 0.4) is 0 Å². The van der Waals surface area contributed by atoms with E-state index in [1.165, 1.54) is 18.2 Å². The molecule has 2 atom stereocenters. The number of nitro groups is 1. The van der Waals surface area contributed by atoms with E-state index in [4.69, 9.17) is 0 Å². The number of amides is 1. The third kappa shape index (κ3) is 3.55. The van der Waals surface area contributed by atoms with Gasteiger partial charge in [0.1, 0.15) is 0 Å². The van der Waals surface area contributed by atoms with E-state index in [9.17, 15) is 20.0 Å². The third-order valence-electron chi connectivity index (χ3n) is 3.39. The zero-order valence-corrected chi connectivity index (χ0v) is 12.3. The second-order valence-electron chi connectivity index (χ2n) is 4.91. The Labute approximate surface area is 124 Å². The van der Waals surface area contributed by atoms with Crippen LogP contribution in [0.15, 0.2) is 22.7 Å². The number of non-ortho nitro benzene ring substituents is 1. The summed E-state index contributed by atoms with van der Waals surface area (Å²) in [4.78, 5) is 22.4. The normalized spacial score (nSPS) is 22.3. The van der Waals surface area contributed by atoms with Crippen LogP contribution in [-0.4, -0.2) is 28.1 Å². The summed E-state index contributed by atoms with van der Waals surface area (Å²) in [6.45, 7) is 0. The number of benzene rings is 1. The van der Waals surface area contributed by atoms with E-state index in [0.717, 1.165) is 19.3 Å². The summed E-state index contributed by atoms with van der Waals surface area (Å²) in [5.74, 6) is -0.361. The molecule has 2 unspecified atom stereocenters. The average molecular weight is 343 g/mol. The molecule has 0 aliphatic heterocycles. The van der Waals surface area contributed by atoms with Crippen LogP contribution in [0.2, 0.25) is 0 Å². The van der Waals surface area contributed by atoms with Crippen LogP contribution in [0.25, 0.3) is 0 Å². The van der Waals surface area contributed by atoms with Crippen molar-refractivity contribution < 1.29 is 14.8 Å². The summed E-state index contributed by atoms with van der Waals surface area (Å²) in [6, 6.07) is 3.99. The highest BCUT2D eigenvalue weighted by Gasteiger charge is 2.23. The SMILES string of the molecule is O=C(NC1CCCC(O)C1)c1cc([N+](=O)[O-])ccc1Br. The monoisotopic (exact) mass is 342 g/mol. The van der Waals surface area contributed by atoms with Crippen LogP contribution in [0, 0.1) is 10.1 Å². The number of hydrogen-bond acceptors (Lipinski definition) is 4. The molecule has 20 heavy (non-hydrogen) atoms. The molecule has 0 bridgehead atoms. The summed E-state index contributed by atoms with van der Waals surface area (Å²) < 4.78 is 0.511. The van der Waals surface area contributed by atoms with Crippen molar-refractivity contribution in [2.24, 2.45) is 0 Å². The largest absolute Gasteiger partial charge is 0.393 e. The number of hydrogen-bond donors (Lipinski definition) is 2. The van der Waals surface area contributed by atoms with Gasteiger partial charge in [0.15, 0.2) is 0 Å². The van der Waals surface area contributed by atoms with Crippen molar-refractivity contribution in [1.82, 2.24) is 5.32 Å². The Hall–Kier alpha value is -1.47.